The van der Waals surface area contributed by atoms with E-state index in [0.29, 0.717) is 5.92 Å². The monoisotopic (exact) mass is 241 g/mol. The van der Waals surface area contributed by atoms with E-state index in [4.69, 9.17) is 0 Å². The van der Waals surface area contributed by atoms with Crippen molar-refractivity contribution in [2.24, 2.45) is 0 Å². The van der Waals surface area contributed by atoms with E-state index < -0.39 is 0 Å². The summed E-state index contributed by atoms with van der Waals surface area (Å²) in [6, 6.07) is 10.5. The summed E-state index contributed by atoms with van der Waals surface area (Å²) in [6.45, 7) is 0. The van der Waals surface area contributed by atoms with Gasteiger partial charge in [-0.05, 0) is 36.8 Å². The highest BCUT2D eigenvalue weighted by molar-refractivity contribution is 5.82. The van der Waals surface area contributed by atoms with Crippen LogP contribution >= 0.6 is 0 Å². The molecule has 0 radical (unpaired) electrons. The highest BCUT2D eigenvalue weighted by Gasteiger charge is 2.21. The lowest BCUT2D eigenvalue weighted by atomic mass is 9.89. The molecule has 2 unspecified atom stereocenters. The molecule has 1 saturated carbocycles. The van der Waals surface area contributed by atoms with E-state index >= 15 is 0 Å². The molecule has 2 atom stereocenters. The maximum atomic E-state index is 9.97. The lowest BCUT2D eigenvalue weighted by molar-refractivity contribution is 0.152. The molecule has 1 aromatic carbocycles. The number of rotatable bonds is 1. The Hall–Kier alpha value is -1.41. The Morgan fingerprint density at radius 1 is 1.06 bits per heavy atom. The summed E-state index contributed by atoms with van der Waals surface area (Å²) in [5.41, 5.74) is 2.42. The molecule has 0 saturated heterocycles. The third-order valence-corrected chi connectivity index (χ3v) is 4.00. The first-order valence-corrected chi connectivity index (χ1v) is 6.86. The predicted octanol–water partition coefficient (Wildman–Crippen LogP) is 3.64. The second-order valence-corrected chi connectivity index (χ2v) is 5.29. The van der Waals surface area contributed by atoms with Gasteiger partial charge in [-0.1, -0.05) is 37.1 Å². The first kappa shape index (κ1) is 11.7. The van der Waals surface area contributed by atoms with Gasteiger partial charge in [-0.25, -0.2) is 0 Å². The second kappa shape index (κ2) is 5.07. The van der Waals surface area contributed by atoms with Crippen LogP contribution in [0.15, 0.2) is 36.5 Å². The van der Waals surface area contributed by atoms with Crippen LogP contribution in [0.25, 0.3) is 10.9 Å². The number of nitrogens with zero attached hydrogens (tertiary/aromatic N) is 1. The molecule has 2 heteroatoms. The Morgan fingerprint density at radius 2 is 1.89 bits per heavy atom. The van der Waals surface area contributed by atoms with Gasteiger partial charge in [-0.15, -0.1) is 0 Å². The van der Waals surface area contributed by atoms with Crippen molar-refractivity contribution in [2.75, 3.05) is 0 Å². The van der Waals surface area contributed by atoms with Crippen molar-refractivity contribution < 1.29 is 5.11 Å². The van der Waals surface area contributed by atoms with Gasteiger partial charge < -0.3 is 5.11 Å². The molecule has 94 valence electrons. The third kappa shape index (κ3) is 2.25. The molecule has 2 aromatic rings. The normalized spacial score (nSPS) is 24.9. The van der Waals surface area contributed by atoms with Gasteiger partial charge in [0, 0.05) is 11.6 Å². The lowest BCUT2D eigenvalue weighted by Crippen LogP contribution is -2.09. The van der Waals surface area contributed by atoms with E-state index in [2.05, 4.69) is 29.2 Å². The summed E-state index contributed by atoms with van der Waals surface area (Å²) in [7, 11) is 0. The van der Waals surface area contributed by atoms with Crippen molar-refractivity contribution in [1.82, 2.24) is 4.98 Å². The lowest BCUT2D eigenvalue weighted by Gasteiger charge is -2.18. The van der Waals surface area contributed by atoms with E-state index in [0.717, 1.165) is 24.8 Å². The number of pyridine rings is 1. The van der Waals surface area contributed by atoms with Gasteiger partial charge in [0.05, 0.1) is 11.6 Å². The second-order valence-electron chi connectivity index (χ2n) is 5.29. The summed E-state index contributed by atoms with van der Waals surface area (Å²) < 4.78 is 0. The Labute approximate surface area is 108 Å². The van der Waals surface area contributed by atoms with Gasteiger partial charge in [0.2, 0.25) is 0 Å². The molecule has 3 rings (SSSR count). The van der Waals surface area contributed by atoms with Crippen LogP contribution in [0.1, 0.15) is 43.6 Å². The summed E-state index contributed by atoms with van der Waals surface area (Å²) in [4.78, 5) is 4.53. The fourth-order valence-corrected chi connectivity index (χ4v) is 3.07. The smallest absolute Gasteiger partial charge is 0.0736 e. The van der Waals surface area contributed by atoms with Crippen molar-refractivity contribution in [3.63, 3.8) is 0 Å². The van der Waals surface area contributed by atoms with Crippen LogP contribution in [0, 0.1) is 0 Å². The minimum Gasteiger partial charge on any atom is -0.393 e. The van der Waals surface area contributed by atoms with Gasteiger partial charge in [-0.3, -0.25) is 4.98 Å². The molecule has 1 N–H and O–H groups in total. The van der Waals surface area contributed by atoms with Gasteiger partial charge in [-0.2, -0.15) is 0 Å². The minimum absolute atomic E-state index is 0.142. The quantitative estimate of drug-likeness (QED) is 0.773. The first-order valence-electron chi connectivity index (χ1n) is 6.86. The molecule has 0 spiro atoms. The summed E-state index contributed by atoms with van der Waals surface area (Å²) in [5.74, 6) is 0.459. The molecule has 0 bridgehead atoms. The zero-order valence-corrected chi connectivity index (χ0v) is 10.5. The fraction of sp³-hybridized carbons (Fsp3) is 0.438. The van der Waals surface area contributed by atoms with E-state index in [-0.39, 0.29) is 6.10 Å². The first-order chi connectivity index (χ1) is 8.84. The number of aromatic nitrogens is 1. The van der Waals surface area contributed by atoms with E-state index in [1.807, 2.05) is 12.3 Å². The molecule has 1 aromatic heterocycles. The van der Waals surface area contributed by atoms with Crippen LogP contribution in [0.4, 0.5) is 0 Å². The van der Waals surface area contributed by atoms with Crippen molar-refractivity contribution in [3.8, 4) is 0 Å². The highest BCUT2D eigenvalue weighted by atomic mass is 16.3. The maximum absolute atomic E-state index is 9.97. The van der Waals surface area contributed by atoms with Crippen LogP contribution in [-0.2, 0) is 0 Å². The topological polar surface area (TPSA) is 33.1 Å². The highest BCUT2D eigenvalue weighted by Crippen LogP contribution is 2.34. The number of fused-ring (bicyclic) bond motifs is 1. The number of aliphatic hydroxyl groups is 1. The van der Waals surface area contributed by atoms with E-state index in [1.54, 1.807) is 0 Å². The molecule has 18 heavy (non-hydrogen) atoms. The maximum Gasteiger partial charge on any atom is 0.0736 e. The van der Waals surface area contributed by atoms with Crippen LogP contribution in [0.3, 0.4) is 0 Å². The van der Waals surface area contributed by atoms with Crippen LogP contribution < -0.4 is 0 Å². The average Bonchev–Trinajstić information content (AvgIpc) is 2.63. The third-order valence-electron chi connectivity index (χ3n) is 4.00. The summed E-state index contributed by atoms with van der Waals surface area (Å²) in [5, 5.41) is 11.2. The molecule has 1 fully saturated rings. The zero-order chi connectivity index (χ0) is 12.4. The largest absolute Gasteiger partial charge is 0.393 e. The van der Waals surface area contributed by atoms with Crippen LogP contribution in [0.5, 0.6) is 0 Å². The van der Waals surface area contributed by atoms with Gasteiger partial charge in [0.1, 0.15) is 0 Å². The minimum atomic E-state index is -0.142. The zero-order valence-electron chi connectivity index (χ0n) is 10.5. The van der Waals surface area contributed by atoms with Crippen molar-refractivity contribution in [3.05, 3.63) is 42.1 Å². The van der Waals surface area contributed by atoms with Crippen molar-refractivity contribution >= 4 is 10.9 Å². The fourth-order valence-electron chi connectivity index (χ4n) is 3.07. The molecular weight excluding hydrogens is 222 g/mol. The van der Waals surface area contributed by atoms with E-state index in [9.17, 15) is 5.11 Å². The molecule has 1 aliphatic carbocycles. The standard InChI is InChI=1S/C16H19NO/c18-14-8-2-1-5-13(11-14)15-9-3-6-12-7-4-10-17-16(12)15/h3-4,6-7,9-10,13-14,18H,1-2,5,8,11H2. The average molecular weight is 241 g/mol. The Kier molecular flexibility index (Phi) is 3.28. The molecule has 0 amide bonds. The van der Waals surface area contributed by atoms with Crippen molar-refractivity contribution in [1.29, 1.82) is 0 Å². The van der Waals surface area contributed by atoms with Gasteiger partial charge in [0.15, 0.2) is 0 Å². The Balaban J connectivity index is 2.02. The van der Waals surface area contributed by atoms with Gasteiger partial charge in [0.25, 0.3) is 0 Å². The SMILES string of the molecule is OC1CCCCC(c2cccc3cccnc23)C1. The van der Waals surface area contributed by atoms with Gasteiger partial charge >= 0.3 is 0 Å². The predicted molar refractivity (Wildman–Crippen MR) is 73.6 cm³/mol. The van der Waals surface area contributed by atoms with E-state index in [1.165, 1.54) is 23.8 Å². The van der Waals surface area contributed by atoms with Crippen LogP contribution in [0.2, 0.25) is 0 Å². The number of benzene rings is 1. The van der Waals surface area contributed by atoms with Crippen LogP contribution in [-0.4, -0.2) is 16.2 Å². The summed E-state index contributed by atoms with van der Waals surface area (Å²) in [6.07, 6.45) is 7.09. The molecule has 1 aliphatic rings. The number of hydrogen-bond donors (Lipinski definition) is 1. The Morgan fingerprint density at radius 3 is 2.83 bits per heavy atom. The molecule has 0 aliphatic heterocycles. The molecular formula is C16H19NO. The molecule has 2 nitrogen and oxygen atoms in total. The Bertz CT molecular complexity index is 532. The van der Waals surface area contributed by atoms with Crippen molar-refractivity contribution in [2.45, 2.75) is 44.1 Å². The number of aliphatic hydroxyl groups excluding tert-OH is 1. The molecule has 1 heterocycles. The summed E-state index contributed by atoms with van der Waals surface area (Å²) >= 11 is 0. The number of para-hydroxylation sites is 1. The number of hydrogen-bond acceptors (Lipinski definition) is 2.